The van der Waals surface area contributed by atoms with Crippen LogP contribution in [0.15, 0.2) is 0 Å². The lowest BCUT2D eigenvalue weighted by Gasteiger charge is -2.11. The lowest BCUT2D eigenvalue weighted by molar-refractivity contribution is -0.111. The lowest BCUT2D eigenvalue weighted by Crippen LogP contribution is -2.04. The number of hydrogen-bond acceptors (Lipinski definition) is 1. The first-order valence-corrected chi connectivity index (χ1v) is 5.21. The van der Waals surface area contributed by atoms with Gasteiger partial charge < -0.3 is 4.79 Å². The maximum atomic E-state index is 10.4. The zero-order valence-corrected chi connectivity index (χ0v) is 8.25. The molecule has 0 amide bonds. The molecule has 0 radical (unpaired) electrons. The zero-order valence-electron chi connectivity index (χ0n) is 8.25. The Kier molecular flexibility index (Phi) is 3.77. The highest BCUT2D eigenvalue weighted by Gasteiger charge is 2.24. The van der Waals surface area contributed by atoms with E-state index in [1.165, 1.54) is 25.7 Å². The van der Waals surface area contributed by atoms with Crippen LogP contribution in [0.4, 0.5) is 0 Å². The largest absolute Gasteiger partial charge is 0.303 e. The van der Waals surface area contributed by atoms with Crippen LogP contribution in [0, 0.1) is 17.8 Å². The van der Waals surface area contributed by atoms with E-state index < -0.39 is 0 Å². The van der Waals surface area contributed by atoms with Gasteiger partial charge in [-0.15, -0.1) is 0 Å². The molecule has 0 bridgehead atoms. The predicted octanol–water partition coefficient (Wildman–Crippen LogP) is 3.04. The number of aldehydes is 1. The molecule has 1 aliphatic rings. The number of carbonyl (C=O) groups is 1. The summed E-state index contributed by atoms with van der Waals surface area (Å²) >= 11 is 0. The van der Waals surface area contributed by atoms with E-state index in [9.17, 15) is 4.79 Å². The first-order valence-electron chi connectivity index (χ1n) is 5.21. The van der Waals surface area contributed by atoms with Gasteiger partial charge >= 0.3 is 0 Å². The second-order valence-corrected chi connectivity index (χ2v) is 4.30. The molecule has 1 heteroatoms. The van der Waals surface area contributed by atoms with Crippen molar-refractivity contribution in [2.24, 2.45) is 17.8 Å². The molecule has 1 rings (SSSR count). The molecule has 0 heterocycles. The van der Waals surface area contributed by atoms with Crippen LogP contribution in [-0.2, 0) is 4.79 Å². The number of hydrogen-bond donors (Lipinski definition) is 0. The van der Waals surface area contributed by atoms with Crippen molar-refractivity contribution in [1.29, 1.82) is 0 Å². The summed E-state index contributed by atoms with van der Waals surface area (Å²) in [7, 11) is 0. The molecule has 0 saturated heterocycles. The summed E-state index contributed by atoms with van der Waals surface area (Å²) in [6.07, 6.45) is 7.67. The molecule has 1 fully saturated rings. The smallest absolute Gasteiger partial charge is 0.122 e. The Morgan fingerprint density at radius 3 is 2.58 bits per heavy atom. The Morgan fingerprint density at radius 2 is 2.08 bits per heavy atom. The fraction of sp³-hybridized carbons (Fsp3) is 0.909. The summed E-state index contributed by atoms with van der Waals surface area (Å²) in [5.74, 6) is 2.08. The van der Waals surface area contributed by atoms with E-state index in [2.05, 4.69) is 6.92 Å². The quantitative estimate of drug-likeness (QED) is 0.590. The maximum Gasteiger partial charge on any atom is 0.122 e. The number of carbonyl (C=O) groups excluding carboxylic acids is 1. The molecule has 1 saturated carbocycles. The summed E-state index contributed by atoms with van der Waals surface area (Å²) in [5, 5.41) is 0. The second kappa shape index (κ2) is 4.64. The SMILES string of the molecule is CCC1CCC(CC(C)C=O)C1. The highest BCUT2D eigenvalue weighted by atomic mass is 16.1. The van der Waals surface area contributed by atoms with Crippen molar-refractivity contribution in [2.75, 3.05) is 0 Å². The van der Waals surface area contributed by atoms with Crippen molar-refractivity contribution in [3.63, 3.8) is 0 Å². The Bertz CT molecular complexity index is 142. The molecule has 0 aromatic carbocycles. The van der Waals surface area contributed by atoms with Crippen LogP contribution in [0.5, 0.6) is 0 Å². The Morgan fingerprint density at radius 1 is 1.42 bits per heavy atom. The van der Waals surface area contributed by atoms with E-state index in [1.54, 1.807) is 0 Å². The second-order valence-electron chi connectivity index (χ2n) is 4.30. The normalized spacial score (nSPS) is 31.8. The third-order valence-corrected chi connectivity index (χ3v) is 3.16. The van der Waals surface area contributed by atoms with Crippen molar-refractivity contribution >= 4 is 6.29 Å². The Labute approximate surface area is 75.5 Å². The topological polar surface area (TPSA) is 17.1 Å². The van der Waals surface area contributed by atoms with Gasteiger partial charge in [0.1, 0.15) is 6.29 Å². The van der Waals surface area contributed by atoms with Crippen LogP contribution in [0.1, 0.15) is 46.0 Å². The molecular formula is C11H20O. The van der Waals surface area contributed by atoms with Crippen LogP contribution in [0.25, 0.3) is 0 Å². The molecule has 0 aromatic heterocycles. The molecule has 3 atom stereocenters. The maximum absolute atomic E-state index is 10.4. The summed E-state index contributed by atoms with van der Waals surface area (Å²) in [6.45, 7) is 4.31. The van der Waals surface area contributed by atoms with Crippen molar-refractivity contribution < 1.29 is 4.79 Å². The van der Waals surface area contributed by atoms with Crippen LogP contribution >= 0.6 is 0 Å². The van der Waals surface area contributed by atoms with Gasteiger partial charge in [-0.3, -0.25) is 0 Å². The van der Waals surface area contributed by atoms with Crippen molar-refractivity contribution in [2.45, 2.75) is 46.0 Å². The first kappa shape index (κ1) is 9.76. The van der Waals surface area contributed by atoms with Gasteiger partial charge in [0.05, 0.1) is 0 Å². The van der Waals surface area contributed by atoms with Crippen molar-refractivity contribution in [3.05, 3.63) is 0 Å². The number of rotatable bonds is 4. The average molecular weight is 168 g/mol. The summed E-state index contributed by atoms with van der Waals surface area (Å²) in [6, 6.07) is 0. The zero-order chi connectivity index (χ0) is 8.97. The van der Waals surface area contributed by atoms with Crippen molar-refractivity contribution in [1.82, 2.24) is 0 Å². The summed E-state index contributed by atoms with van der Waals surface area (Å²) in [5.41, 5.74) is 0. The predicted molar refractivity (Wildman–Crippen MR) is 51.0 cm³/mol. The van der Waals surface area contributed by atoms with Gasteiger partial charge in [0, 0.05) is 5.92 Å². The van der Waals surface area contributed by atoms with E-state index in [0.29, 0.717) is 0 Å². The van der Waals surface area contributed by atoms with Gasteiger partial charge in [0.25, 0.3) is 0 Å². The molecule has 0 N–H and O–H groups in total. The molecule has 70 valence electrons. The fourth-order valence-electron chi connectivity index (χ4n) is 2.34. The third kappa shape index (κ3) is 2.62. The highest BCUT2D eigenvalue weighted by molar-refractivity contribution is 5.52. The highest BCUT2D eigenvalue weighted by Crippen LogP contribution is 2.36. The standard InChI is InChI=1S/C11H20O/c1-3-10-4-5-11(7-10)6-9(2)8-12/h8-11H,3-7H2,1-2H3. The van der Waals surface area contributed by atoms with Gasteiger partial charge in [-0.1, -0.05) is 33.1 Å². The molecule has 0 aromatic rings. The van der Waals surface area contributed by atoms with E-state index in [1.807, 2.05) is 6.92 Å². The Hall–Kier alpha value is -0.330. The fourth-order valence-corrected chi connectivity index (χ4v) is 2.34. The summed E-state index contributed by atoms with van der Waals surface area (Å²) in [4.78, 5) is 10.4. The Balaban J connectivity index is 2.23. The monoisotopic (exact) mass is 168 g/mol. The first-order chi connectivity index (χ1) is 5.76. The van der Waals surface area contributed by atoms with E-state index in [-0.39, 0.29) is 5.92 Å². The molecule has 0 spiro atoms. The molecule has 12 heavy (non-hydrogen) atoms. The minimum atomic E-state index is 0.283. The minimum Gasteiger partial charge on any atom is -0.303 e. The van der Waals surface area contributed by atoms with E-state index in [4.69, 9.17) is 0 Å². The van der Waals surface area contributed by atoms with Gasteiger partial charge in [-0.25, -0.2) is 0 Å². The molecule has 0 aliphatic heterocycles. The van der Waals surface area contributed by atoms with E-state index >= 15 is 0 Å². The third-order valence-electron chi connectivity index (χ3n) is 3.16. The molecule has 1 nitrogen and oxygen atoms in total. The lowest BCUT2D eigenvalue weighted by atomic mass is 9.94. The molecule has 1 aliphatic carbocycles. The molecular weight excluding hydrogens is 148 g/mol. The summed E-state index contributed by atoms with van der Waals surface area (Å²) < 4.78 is 0. The van der Waals surface area contributed by atoms with Gasteiger partial charge in [0.2, 0.25) is 0 Å². The van der Waals surface area contributed by atoms with Crippen LogP contribution in [0.3, 0.4) is 0 Å². The van der Waals surface area contributed by atoms with Crippen LogP contribution in [-0.4, -0.2) is 6.29 Å². The molecule has 3 unspecified atom stereocenters. The van der Waals surface area contributed by atoms with Gasteiger partial charge in [-0.2, -0.15) is 0 Å². The minimum absolute atomic E-state index is 0.283. The van der Waals surface area contributed by atoms with Crippen LogP contribution < -0.4 is 0 Å². The van der Waals surface area contributed by atoms with Gasteiger partial charge in [-0.05, 0) is 24.7 Å². The van der Waals surface area contributed by atoms with Crippen molar-refractivity contribution in [3.8, 4) is 0 Å². The van der Waals surface area contributed by atoms with E-state index in [0.717, 1.165) is 24.5 Å². The van der Waals surface area contributed by atoms with Gasteiger partial charge in [0.15, 0.2) is 0 Å². The average Bonchev–Trinajstić information content (AvgIpc) is 2.52. The van der Waals surface area contributed by atoms with Crippen LogP contribution in [0.2, 0.25) is 0 Å².